The molecular formula is C11H16N4O3. The lowest BCUT2D eigenvalue weighted by Gasteiger charge is -2.13. The Hall–Kier alpha value is -2.05. The summed E-state index contributed by atoms with van der Waals surface area (Å²) in [4.78, 5) is 12.0. The Kier molecular flexibility index (Phi) is 2.98. The second kappa shape index (κ2) is 4.32. The number of carbonyl (C=O) groups is 1. The van der Waals surface area contributed by atoms with E-state index < -0.39 is 5.41 Å². The molecule has 1 saturated carbocycles. The lowest BCUT2D eigenvalue weighted by atomic mass is 10.0. The minimum atomic E-state index is -0.826. The van der Waals surface area contributed by atoms with E-state index in [1.807, 2.05) is 6.92 Å². The molecule has 0 radical (unpaired) electrons. The van der Waals surface area contributed by atoms with Crippen molar-refractivity contribution in [3.63, 3.8) is 0 Å². The van der Waals surface area contributed by atoms with Crippen LogP contribution in [0.1, 0.15) is 29.9 Å². The van der Waals surface area contributed by atoms with Gasteiger partial charge in [0.2, 0.25) is 5.91 Å². The largest absolute Gasteiger partial charge is 0.409 e. The molecule has 1 aliphatic rings. The van der Waals surface area contributed by atoms with Crippen LogP contribution in [0.4, 0.5) is 0 Å². The van der Waals surface area contributed by atoms with Crippen molar-refractivity contribution in [1.82, 2.24) is 10.5 Å². The van der Waals surface area contributed by atoms with Gasteiger partial charge in [-0.15, -0.1) is 0 Å². The fraction of sp³-hybridized carbons (Fsp3) is 0.545. The van der Waals surface area contributed by atoms with E-state index in [9.17, 15) is 4.79 Å². The Morgan fingerprint density at radius 1 is 1.61 bits per heavy atom. The molecule has 1 aromatic heterocycles. The van der Waals surface area contributed by atoms with Crippen molar-refractivity contribution in [2.24, 2.45) is 16.3 Å². The van der Waals surface area contributed by atoms with Gasteiger partial charge in [0.1, 0.15) is 11.2 Å². The van der Waals surface area contributed by atoms with Crippen LogP contribution >= 0.6 is 0 Å². The molecule has 2 rings (SSSR count). The number of amides is 1. The second-order valence-electron chi connectivity index (χ2n) is 4.55. The van der Waals surface area contributed by atoms with Gasteiger partial charge in [0.15, 0.2) is 5.84 Å². The van der Waals surface area contributed by atoms with Crippen LogP contribution in [0.25, 0.3) is 0 Å². The molecule has 1 aromatic rings. The van der Waals surface area contributed by atoms with Crippen LogP contribution in [0.5, 0.6) is 0 Å². The van der Waals surface area contributed by atoms with Gasteiger partial charge in [-0.05, 0) is 26.7 Å². The molecular weight excluding hydrogens is 236 g/mol. The van der Waals surface area contributed by atoms with E-state index in [0.717, 1.165) is 11.3 Å². The summed E-state index contributed by atoms with van der Waals surface area (Å²) in [5, 5.41) is 18.2. The predicted molar refractivity (Wildman–Crippen MR) is 62.9 cm³/mol. The quantitative estimate of drug-likeness (QED) is 0.311. The predicted octanol–water partition coefficient (Wildman–Crippen LogP) is 0.434. The first-order valence-electron chi connectivity index (χ1n) is 5.69. The number of hydrogen-bond donors (Lipinski definition) is 3. The molecule has 0 unspecified atom stereocenters. The lowest BCUT2D eigenvalue weighted by Crippen LogP contribution is -2.40. The van der Waals surface area contributed by atoms with Crippen molar-refractivity contribution in [1.29, 1.82) is 0 Å². The highest BCUT2D eigenvalue weighted by Crippen LogP contribution is 2.46. The average molecular weight is 252 g/mol. The van der Waals surface area contributed by atoms with Gasteiger partial charge in [0.25, 0.3) is 0 Å². The van der Waals surface area contributed by atoms with Crippen molar-refractivity contribution in [3.8, 4) is 0 Å². The van der Waals surface area contributed by atoms with Crippen LogP contribution in [-0.2, 0) is 11.3 Å². The van der Waals surface area contributed by atoms with Crippen molar-refractivity contribution >= 4 is 11.7 Å². The molecule has 98 valence electrons. The number of carbonyl (C=O) groups excluding carboxylic acids is 1. The van der Waals surface area contributed by atoms with Gasteiger partial charge in [-0.2, -0.15) is 0 Å². The Balaban J connectivity index is 2.02. The Morgan fingerprint density at radius 3 is 2.72 bits per heavy atom. The summed E-state index contributed by atoms with van der Waals surface area (Å²) in [6.07, 6.45) is 1.21. The summed E-state index contributed by atoms with van der Waals surface area (Å²) in [6.45, 7) is 3.94. The van der Waals surface area contributed by atoms with Gasteiger partial charge in [0.05, 0.1) is 5.69 Å². The van der Waals surface area contributed by atoms with Gasteiger partial charge in [-0.25, -0.2) is 0 Å². The van der Waals surface area contributed by atoms with Crippen LogP contribution in [0.15, 0.2) is 9.68 Å². The minimum Gasteiger partial charge on any atom is -0.409 e. The number of hydrogen-bond acceptors (Lipinski definition) is 5. The zero-order chi connectivity index (χ0) is 13.3. The van der Waals surface area contributed by atoms with Crippen molar-refractivity contribution in [3.05, 3.63) is 17.0 Å². The third-order valence-electron chi connectivity index (χ3n) is 3.39. The summed E-state index contributed by atoms with van der Waals surface area (Å²) in [5.74, 6) is 0.429. The maximum Gasteiger partial charge on any atom is 0.234 e. The van der Waals surface area contributed by atoms with E-state index in [2.05, 4.69) is 15.6 Å². The van der Waals surface area contributed by atoms with E-state index >= 15 is 0 Å². The topological polar surface area (TPSA) is 114 Å². The highest BCUT2D eigenvalue weighted by molar-refractivity contribution is 6.09. The molecule has 1 aliphatic carbocycles. The van der Waals surface area contributed by atoms with Crippen LogP contribution in [0.2, 0.25) is 0 Å². The van der Waals surface area contributed by atoms with Gasteiger partial charge < -0.3 is 20.8 Å². The zero-order valence-corrected chi connectivity index (χ0v) is 10.4. The maximum absolute atomic E-state index is 12.0. The highest BCUT2D eigenvalue weighted by Gasteiger charge is 2.54. The molecule has 0 bridgehead atoms. The molecule has 18 heavy (non-hydrogen) atoms. The molecule has 4 N–H and O–H groups in total. The van der Waals surface area contributed by atoms with Crippen LogP contribution in [-0.4, -0.2) is 22.1 Å². The minimum absolute atomic E-state index is 0.0289. The summed E-state index contributed by atoms with van der Waals surface area (Å²) in [6, 6.07) is 0. The van der Waals surface area contributed by atoms with E-state index in [0.29, 0.717) is 25.1 Å². The normalized spacial score (nSPS) is 17.6. The van der Waals surface area contributed by atoms with Gasteiger partial charge in [-0.1, -0.05) is 10.3 Å². The molecule has 0 saturated heterocycles. The first-order valence-corrected chi connectivity index (χ1v) is 5.69. The average Bonchev–Trinajstić information content (AvgIpc) is 3.11. The van der Waals surface area contributed by atoms with Crippen LogP contribution < -0.4 is 11.1 Å². The van der Waals surface area contributed by atoms with E-state index in [-0.39, 0.29) is 11.7 Å². The fourth-order valence-electron chi connectivity index (χ4n) is 1.91. The van der Waals surface area contributed by atoms with Gasteiger partial charge in [0, 0.05) is 12.1 Å². The lowest BCUT2D eigenvalue weighted by molar-refractivity contribution is -0.124. The first-order chi connectivity index (χ1) is 8.51. The molecule has 1 fully saturated rings. The molecule has 0 aromatic carbocycles. The third kappa shape index (κ3) is 1.92. The van der Waals surface area contributed by atoms with Crippen molar-refractivity contribution < 1.29 is 14.5 Å². The number of nitrogens with one attached hydrogen (secondary N) is 1. The summed E-state index contributed by atoms with van der Waals surface area (Å²) in [7, 11) is 0. The van der Waals surface area contributed by atoms with E-state index in [1.54, 1.807) is 6.92 Å². The maximum atomic E-state index is 12.0. The molecule has 1 heterocycles. The van der Waals surface area contributed by atoms with Gasteiger partial charge in [-0.3, -0.25) is 4.79 Å². The fourth-order valence-corrected chi connectivity index (χ4v) is 1.91. The molecule has 0 atom stereocenters. The number of aryl methyl sites for hydroxylation is 2. The Labute approximate surface area is 104 Å². The number of aromatic nitrogens is 1. The number of nitrogens with zero attached hydrogens (tertiary/aromatic N) is 2. The van der Waals surface area contributed by atoms with Crippen LogP contribution in [0.3, 0.4) is 0 Å². The summed E-state index contributed by atoms with van der Waals surface area (Å²) >= 11 is 0. The number of amidine groups is 1. The monoisotopic (exact) mass is 252 g/mol. The number of oxime groups is 1. The molecule has 1 amide bonds. The smallest absolute Gasteiger partial charge is 0.234 e. The third-order valence-corrected chi connectivity index (χ3v) is 3.39. The Morgan fingerprint density at radius 2 is 2.28 bits per heavy atom. The first kappa shape index (κ1) is 12.4. The number of rotatable bonds is 4. The van der Waals surface area contributed by atoms with Crippen molar-refractivity contribution in [2.75, 3.05) is 0 Å². The van der Waals surface area contributed by atoms with Crippen molar-refractivity contribution in [2.45, 2.75) is 33.2 Å². The molecule has 0 aliphatic heterocycles. The SMILES string of the molecule is Cc1noc(C)c1CNC(=O)C1(C(N)=NO)CC1. The number of nitrogens with two attached hydrogens (primary N) is 1. The van der Waals surface area contributed by atoms with E-state index in [4.69, 9.17) is 15.5 Å². The molecule has 7 heteroatoms. The van der Waals surface area contributed by atoms with Crippen LogP contribution in [0, 0.1) is 19.3 Å². The summed E-state index contributed by atoms with van der Waals surface area (Å²) in [5.41, 5.74) is 6.32. The van der Waals surface area contributed by atoms with Gasteiger partial charge >= 0.3 is 0 Å². The molecule has 7 nitrogen and oxygen atoms in total. The summed E-state index contributed by atoms with van der Waals surface area (Å²) < 4.78 is 5.01. The standard InChI is InChI=1S/C11H16N4O3/c1-6-8(7(2)18-15-6)5-13-10(16)11(3-4-11)9(12)14-17/h17H,3-5H2,1-2H3,(H2,12,14)(H,13,16). The second-order valence-corrected chi connectivity index (χ2v) is 4.55. The molecule has 0 spiro atoms. The highest BCUT2D eigenvalue weighted by atomic mass is 16.5. The zero-order valence-electron chi connectivity index (χ0n) is 10.4. The van der Waals surface area contributed by atoms with E-state index in [1.165, 1.54) is 0 Å². The Bertz CT molecular complexity index is 483.